The van der Waals surface area contributed by atoms with Crippen LogP contribution in [0, 0.1) is 5.82 Å². The molecule has 0 radical (unpaired) electrons. The minimum Gasteiger partial charge on any atom is -0.389 e. The molecule has 2 aromatic carbocycles. The fraction of sp³-hybridized carbons (Fsp3) is 0.381. The van der Waals surface area contributed by atoms with Gasteiger partial charge in [0.25, 0.3) is 5.91 Å². The predicted octanol–water partition coefficient (Wildman–Crippen LogP) is 3.32. The third-order valence-corrected chi connectivity index (χ3v) is 5.16. The van der Waals surface area contributed by atoms with Crippen LogP contribution in [0.2, 0.25) is 0 Å². The second-order valence-electron chi connectivity index (χ2n) is 7.36. The van der Waals surface area contributed by atoms with Crippen molar-refractivity contribution in [3.63, 3.8) is 0 Å². The highest BCUT2D eigenvalue weighted by Gasteiger charge is 2.40. The molecule has 0 fully saturated rings. The minimum absolute atomic E-state index is 0.257. The van der Waals surface area contributed by atoms with Crippen LogP contribution in [-0.4, -0.2) is 36.2 Å². The van der Waals surface area contributed by atoms with Crippen molar-refractivity contribution in [2.45, 2.75) is 38.5 Å². The van der Waals surface area contributed by atoms with Crippen LogP contribution in [0.5, 0.6) is 0 Å². The van der Waals surface area contributed by atoms with Crippen LogP contribution >= 0.6 is 0 Å². The molecule has 1 amide bonds. The molecule has 3 rings (SSSR count). The van der Waals surface area contributed by atoms with Crippen molar-refractivity contribution in [1.82, 2.24) is 5.32 Å². The summed E-state index contributed by atoms with van der Waals surface area (Å²) in [5.74, 6) is -0.711. The summed E-state index contributed by atoms with van der Waals surface area (Å²) in [6.45, 7) is 6.02. The van der Waals surface area contributed by atoms with Gasteiger partial charge in [-0.3, -0.25) is 4.79 Å². The van der Waals surface area contributed by atoms with Gasteiger partial charge in [0, 0.05) is 17.8 Å². The number of fused-ring (bicyclic) bond motifs is 1. The van der Waals surface area contributed by atoms with Gasteiger partial charge in [-0.05, 0) is 63.7 Å². The molecule has 0 bridgehead atoms. The van der Waals surface area contributed by atoms with Crippen LogP contribution in [0.4, 0.5) is 15.8 Å². The fourth-order valence-electron chi connectivity index (χ4n) is 3.64. The summed E-state index contributed by atoms with van der Waals surface area (Å²) in [7, 11) is 1.78. The second kappa shape index (κ2) is 7.29. The molecule has 0 saturated heterocycles. The molecule has 0 aliphatic carbocycles. The van der Waals surface area contributed by atoms with E-state index in [-0.39, 0.29) is 17.6 Å². The molecule has 27 heavy (non-hydrogen) atoms. The Balaban J connectivity index is 2.00. The lowest BCUT2D eigenvalue weighted by molar-refractivity contribution is 0.0716. The number of nitrogens with one attached hydrogen (secondary N) is 2. The van der Waals surface area contributed by atoms with Crippen molar-refractivity contribution >= 4 is 17.3 Å². The number of hydrogen-bond acceptors (Lipinski definition) is 4. The number of aliphatic hydroxyl groups excluding tert-OH is 1. The number of benzene rings is 2. The van der Waals surface area contributed by atoms with Crippen molar-refractivity contribution in [3.05, 3.63) is 59.4 Å². The standard InChI is InChI=1S/C21H26FN3O2/c1-5-25(17-9-7-6-8-15(17)22)20(27)13-10-11-16-14(12-13)18(23-4)19(26)21(2,3)24-16/h6-12,18-19,23-24,26H,5H2,1-4H3/t18-,19+/m1/s1. The lowest BCUT2D eigenvalue weighted by Crippen LogP contribution is -2.53. The number of carbonyl (C=O) groups is 1. The van der Waals surface area contributed by atoms with E-state index in [1.165, 1.54) is 11.0 Å². The van der Waals surface area contributed by atoms with Crippen LogP contribution < -0.4 is 15.5 Å². The van der Waals surface area contributed by atoms with Gasteiger partial charge in [-0.2, -0.15) is 0 Å². The lowest BCUT2D eigenvalue weighted by atomic mass is 9.82. The molecule has 1 aliphatic heterocycles. The summed E-state index contributed by atoms with van der Waals surface area (Å²) in [6.07, 6.45) is -0.672. The molecule has 1 heterocycles. The maximum absolute atomic E-state index is 14.2. The topological polar surface area (TPSA) is 64.6 Å². The Bertz CT molecular complexity index is 853. The first-order valence-corrected chi connectivity index (χ1v) is 9.14. The summed E-state index contributed by atoms with van der Waals surface area (Å²) in [4.78, 5) is 14.5. The van der Waals surface area contributed by atoms with Gasteiger partial charge in [-0.25, -0.2) is 4.39 Å². The van der Waals surface area contributed by atoms with Gasteiger partial charge < -0.3 is 20.6 Å². The van der Waals surface area contributed by atoms with E-state index < -0.39 is 17.5 Å². The average Bonchev–Trinajstić information content (AvgIpc) is 2.64. The zero-order chi connectivity index (χ0) is 19.8. The van der Waals surface area contributed by atoms with Gasteiger partial charge in [-0.1, -0.05) is 12.1 Å². The van der Waals surface area contributed by atoms with Crippen molar-refractivity contribution in [1.29, 1.82) is 0 Å². The summed E-state index contributed by atoms with van der Waals surface area (Å²) in [5.41, 5.74) is 1.89. The molecular formula is C21H26FN3O2. The van der Waals surface area contributed by atoms with E-state index >= 15 is 0 Å². The van der Waals surface area contributed by atoms with Gasteiger partial charge in [0.1, 0.15) is 5.82 Å². The van der Waals surface area contributed by atoms with Gasteiger partial charge in [0.2, 0.25) is 0 Å². The number of para-hydroxylation sites is 1. The first-order valence-electron chi connectivity index (χ1n) is 9.14. The summed E-state index contributed by atoms with van der Waals surface area (Å²) < 4.78 is 14.2. The second-order valence-corrected chi connectivity index (χ2v) is 7.36. The number of rotatable bonds is 4. The number of likely N-dealkylation sites (N-methyl/N-ethyl adjacent to an activating group) is 1. The maximum atomic E-state index is 14.2. The van der Waals surface area contributed by atoms with Gasteiger partial charge >= 0.3 is 0 Å². The molecule has 2 atom stereocenters. The lowest BCUT2D eigenvalue weighted by Gasteiger charge is -2.43. The Morgan fingerprint density at radius 2 is 2.00 bits per heavy atom. The molecule has 3 N–H and O–H groups in total. The zero-order valence-corrected chi connectivity index (χ0v) is 16.1. The SMILES string of the molecule is CCN(C(=O)c1ccc2c(c1)[C@@H](NC)[C@H](O)C(C)(C)N2)c1ccccc1F. The Hall–Kier alpha value is -2.44. The van der Waals surface area contributed by atoms with Crippen LogP contribution in [0.3, 0.4) is 0 Å². The quantitative estimate of drug-likeness (QED) is 0.771. The smallest absolute Gasteiger partial charge is 0.258 e. The molecule has 2 aromatic rings. The molecule has 0 saturated carbocycles. The number of hydrogen-bond donors (Lipinski definition) is 3. The largest absolute Gasteiger partial charge is 0.389 e. The monoisotopic (exact) mass is 371 g/mol. The third-order valence-electron chi connectivity index (χ3n) is 5.16. The van der Waals surface area contributed by atoms with E-state index in [1.54, 1.807) is 37.4 Å². The minimum atomic E-state index is -0.672. The van der Waals surface area contributed by atoms with Gasteiger partial charge in [0.05, 0.1) is 23.4 Å². The van der Waals surface area contributed by atoms with Gasteiger partial charge in [-0.15, -0.1) is 0 Å². The van der Waals surface area contributed by atoms with E-state index in [2.05, 4.69) is 10.6 Å². The van der Waals surface area contributed by atoms with Crippen molar-refractivity contribution in [3.8, 4) is 0 Å². The van der Waals surface area contributed by atoms with Crippen molar-refractivity contribution < 1.29 is 14.3 Å². The summed E-state index contributed by atoms with van der Waals surface area (Å²) in [5, 5.41) is 17.1. The van der Waals surface area contributed by atoms with E-state index in [9.17, 15) is 14.3 Å². The highest BCUT2D eigenvalue weighted by Crippen LogP contribution is 2.38. The molecule has 0 unspecified atom stereocenters. The van der Waals surface area contributed by atoms with Crippen LogP contribution in [-0.2, 0) is 0 Å². The van der Waals surface area contributed by atoms with Crippen molar-refractivity contribution in [2.24, 2.45) is 0 Å². The molecular weight excluding hydrogens is 345 g/mol. The van der Waals surface area contributed by atoms with E-state index in [4.69, 9.17) is 0 Å². The fourth-order valence-corrected chi connectivity index (χ4v) is 3.64. The van der Waals surface area contributed by atoms with Crippen LogP contribution in [0.1, 0.15) is 42.7 Å². The Kier molecular flexibility index (Phi) is 5.22. The number of carbonyl (C=O) groups excluding carboxylic acids is 1. The zero-order valence-electron chi connectivity index (χ0n) is 16.1. The average molecular weight is 371 g/mol. The molecule has 1 aliphatic rings. The van der Waals surface area contributed by atoms with Crippen LogP contribution in [0.15, 0.2) is 42.5 Å². The number of halogens is 1. The maximum Gasteiger partial charge on any atom is 0.258 e. The van der Waals surface area contributed by atoms with E-state index in [1.807, 2.05) is 26.8 Å². The number of nitrogens with zero attached hydrogens (tertiary/aromatic N) is 1. The highest BCUT2D eigenvalue weighted by molar-refractivity contribution is 6.06. The molecule has 5 nitrogen and oxygen atoms in total. The Labute approximate surface area is 159 Å². The Morgan fingerprint density at radius 1 is 1.30 bits per heavy atom. The first kappa shape index (κ1) is 19.3. The molecule has 0 aromatic heterocycles. The van der Waals surface area contributed by atoms with E-state index in [0.717, 1.165) is 11.3 Å². The first-order chi connectivity index (χ1) is 12.8. The van der Waals surface area contributed by atoms with Crippen molar-refractivity contribution in [2.75, 3.05) is 23.8 Å². The normalized spacial score (nSPS) is 20.5. The van der Waals surface area contributed by atoms with Crippen LogP contribution in [0.25, 0.3) is 0 Å². The summed E-state index contributed by atoms with van der Waals surface area (Å²) in [6, 6.07) is 11.3. The molecule has 6 heteroatoms. The molecule has 0 spiro atoms. The number of amides is 1. The highest BCUT2D eigenvalue weighted by atomic mass is 19.1. The third kappa shape index (κ3) is 3.42. The predicted molar refractivity (Wildman–Crippen MR) is 106 cm³/mol. The molecule has 144 valence electrons. The Morgan fingerprint density at radius 3 is 2.63 bits per heavy atom. The van der Waals surface area contributed by atoms with E-state index in [0.29, 0.717) is 12.1 Å². The van der Waals surface area contributed by atoms with Gasteiger partial charge in [0.15, 0.2) is 0 Å². The number of aliphatic hydroxyl groups is 1. The summed E-state index contributed by atoms with van der Waals surface area (Å²) >= 11 is 0. The number of anilines is 2.